The lowest BCUT2D eigenvalue weighted by Crippen LogP contribution is -2.74. The van der Waals surface area contributed by atoms with Crippen LogP contribution < -0.4 is 4.90 Å². The molecule has 1 aliphatic heterocycles. The standard InChI is InChI=1S/C61H55NS/c1-57(2)30-31-58(3,4)56-48(57)23-15-24-51(56)62(42-26-28-45-44-20-11-12-21-46(44)60(49(45)35-42,39-16-7-5-8-17-39)40-18-9-6-10-19-40)43-27-29-53-50(36-43)61(47-22-13-14-25-52(47)63-53)54-33-38-32-41-34-55(61)59(41,54)37-38/h5-29,35-36,38,41,54-55H,30-34,37H2,1-4H3. The molecule has 6 aliphatic carbocycles. The van der Waals surface area contributed by atoms with Crippen LogP contribution in [0.2, 0.25) is 0 Å². The molecule has 4 saturated carbocycles. The zero-order valence-corrected chi connectivity index (χ0v) is 37.8. The van der Waals surface area contributed by atoms with E-state index in [1.165, 1.54) is 103 Å². The number of rotatable bonds is 5. The molecular weight excluding hydrogens is 779 g/mol. The van der Waals surface area contributed by atoms with Crippen molar-refractivity contribution in [2.24, 2.45) is 29.1 Å². The average Bonchev–Trinajstić information content (AvgIpc) is 3.94. The quantitative estimate of drug-likeness (QED) is 0.170. The summed E-state index contributed by atoms with van der Waals surface area (Å²) >= 11 is 2.03. The summed E-state index contributed by atoms with van der Waals surface area (Å²) in [5, 5.41) is 0. The van der Waals surface area contributed by atoms with Crippen LogP contribution in [0.25, 0.3) is 11.1 Å². The number of anilines is 3. The molecule has 0 radical (unpaired) electrons. The third kappa shape index (κ3) is 4.47. The van der Waals surface area contributed by atoms with Gasteiger partial charge in [0, 0.05) is 26.6 Å². The molecule has 310 valence electrons. The summed E-state index contributed by atoms with van der Waals surface area (Å²) in [6.45, 7) is 9.95. The van der Waals surface area contributed by atoms with Crippen molar-refractivity contribution in [2.75, 3.05) is 4.90 Å². The van der Waals surface area contributed by atoms with Gasteiger partial charge in [0.2, 0.25) is 0 Å². The van der Waals surface area contributed by atoms with Crippen LogP contribution in [0.5, 0.6) is 0 Å². The molecule has 4 fully saturated rings. The molecule has 7 aromatic rings. The molecule has 2 spiro atoms. The number of hydrogen-bond donors (Lipinski definition) is 0. The van der Waals surface area contributed by atoms with E-state index < -0.39 is 5.41 Å². The van der Waals surface area contributed by atoms with E-state index in [0.717, 1.165) is 30.1 Å². The van der Waals surface area contributed by atoms with Gasteiger partial charge in [0.05, 0.1) is 11.1 Å². The Morgan fingerprint density at radius 2 is 1.10 bits per heavy atom. The van der Waals surface area contributed by atoms with Gasteiger partial charge in [-0.05, 0) is 177 Å². The fraction of sp³-hybridized carbons (Fsp3) is 0.311. The minimum absolute atomic E-state index is 0.0130. The van der Waals surface area contributed by atoms with Crippen molar-refractivity contribution in [1.29, 1.82) is 0 Å². The lowest BCUT2D eigenvalue weighted by atomic mass is 9.26. The van der Waals surface area contributed by atoms with Crippen molar-refractivity contribution in [3.63, 3.8) is 0 Å². The largest absolute Gasteiger partial charge is 0.310 e. The van der Waals surface area contributed by atoms with E-state index in [9.17, 15) is 0 Å². The Hall–Kier alpha value is -5.31. The van der Waals surface area contributed by atoms with Crippen molar-refractivity contribution in [1.82, 2.24) is 0 Å². The number of benzene rings is 7. The second kappa shape index (κ2) is 12.5. The maximum Gasteiger partial charge on any atom is 0.0714 e. The Bertz CT molecular complexity index is 3010. The third-order valence-corrected chi connectivity index (χ3v) is 19.6. The van der Waals surface area contributed by atoms with E-state index >= 15 is 0 Å². The van der Waals surface area contributed by atoms with Gasteiger partial charge < -0.3 is 4.90 Å². The SMILES string of the molecule is CC1(C)CCC(C)(C)c2c(N(c3ccc4c(c3)C(c3ccccc3)(c3ccccc3)c3ccccc3-4)c3ccc4c(c3)C3(c5ccccc5S4)C4CC5CC6CC3C64C5)cccc21. The Labute approximate surface area is 378 Å². The van der Waals surface area contributed by atoms with E-state index in [-0.39, 0.29) is 16.2 Å². The lowest BCUT2D eigenvalue weighted by Gasteiger charge is -2.78. The van der Waals surface area contributed by atoms with Gasteiger partial charge in [-0.1, -0.05) is 161 Å². The summed E-state index contributed by atoms with van der Waals surface area (Å²) in [6.07, 6.45) is 8.13. The first kappa shape index (κ1) is 37.1. The molecule has 0 saturated heterocycles. The summed E-state index contributed by atoms with van der Waals surface area (Å²) in [6, 6.07) is 63.9. The van der Waals surface area contributed by atoms with Gasteiger partial charge in [-0.25, -0.2) is 0 Å². The molecule has 1 heterocycles. The summed E-state index contributed by atoms with van der Waals surface area (Å²) < 4.78 is 0. The van der Waals surface area contributed by atoms with Gasteiger partial charge in [-0.15, -0.1) is 0 Å². The van der Waals surface area contributed by atoms with Crippen LogP contribution in [0.4, 0.5) is 17.1 Å². The Balaban J connectivity index is 1.04. The smallest absolute Gasteiger partial charge is 0.0714 e. The highest BCUT2D eigenvalue weighted by atomic mass is 32.2. The van der Waals surface area contributed by atoms with Crippen LogP contribution in [0.1, 0.15) is 111 Å². The van der Waals surface area contributed by atoms with Crippen LogP contribution in [-0.4, -0.2) is 0 Å². The van der Waals surface area contributed by atoms with Crippen LogP contribution in [0, 0.1) is 29.1 Å². The molecular formula is C61H55NS. The summed E-state index contributed by atoms with van der Waals surface area (Å²) in [5.74, 6) is 3.36. The Morgan fingerprint density at radius 3 is 1.86 bits per heavy atom. The third-order valence-electron chi connectivity index (χ3n) is 18.5. The van der Waals surface area contributed by atoms with Crippen LogP contribution in [0.3, 0.4) is 0 Å². The number of fused-ring (bicyclic) bond motifs is 11. The second-order valence-corrected chi connectivity index (χ2v) is 23.0. The van der Waals surface area contributed by atoms with Gasteiger partial charge in [-0.3, -0.25) is 0 Å². The predicted octanol–water partition coefficient (Wildman–Crippen LogP) is 15.7. The van der Waals surface area contributed by atoms with Crippen molar-refractivity contribution < 1.29 is 0 Å². The molecule has 2 heteroatoms. The monoisotopic (exact) mass is 833 g/mol. The molecule has 7 aliphatic rings. The summed E-state index contributed by atoms with van der Waals surface area (Å²) in [4.78, 5) is 5.68. The zero-order chi connectivity index (χ0) is 42.1. The minimum atomic E-state index is -0.476. The first-order chi connectivity index (χ1) is 30.7. The lowest BCUT2D eigenvalue weighted by molar-refractivity contribution is -0.235. The highest BCUT2D eigenvalue weighted by Gasteiger charge is 2.84. The van der Waals surface area contributed by atoms with Crippen LogP contribution in [-0.2, 0) is 21.7 Å². The highest BCUT2D eigenvalue weighted by molar-refractivity contribution is 7.99. The van der Waals surface area contributed by atoms with E-state index in [1.54, 1.807) is 11.1 Å². The fourth-order valence-corrected chi connectivity index (χ4v) is 17.3. The van der Waals surface area contributed by atoms with Crippen molar-refractivity contribution in [3.05, 3.63) is 208 Å². The first-order valence-electron chi connectivity index (χ1n) is 23.9. The summed E-state index contributed by atoms with van der Waals surface area (Å²) in [5.41, 5.74) is 18.4. The average molecular weight is 834 g/mol. The van der Waals surface area contributed by atoms with E-state index in [0.29, 0.717) is 5.41 Å². The maximum atomic E-state index is 2.72. The zero-order valence-electron chi connectivity index (χ0n) is 37.0. The normalized spacial score (nSPS) is 28.4. The topological polar surface area (TPSA) is 3.24 Å². The molecule has 0 amide bonds. The van der Waals surface area contributed by atoms with Gasteiger partial charge >= 0.3 is 0 Å². The molecule has 14 rings (SSSR count). The summed E-state index contributed by atoms with van der Waals surface area (Å²) in [7, 11) is 0. The van der Waals surface area contributed by atoms with Gasteiger partial charge in [0.15, 0.2) is 0 Å². The molecule has 1 nitrogen and oxygen atoms in total. The number of nitrogens with zero attached hydrogens (tertiary/aromatic N) is 1. The fourth-order valence-electron chi connectivity index (χ4n) is 16.1. The second-order valence-electron chi connectivity index (χ2n) is 21.9. The molecule has 63 heavy (non-hydrogen) atoms. The molecule has 6 unspecified atom stereocenters. The van der Waals surface area contributed by atoms with Gasteiger partial charge in [0.1, 0.15) is 0 Å². The van der Waals surface area contributed by atoms with E-state index in [4.69, 9.17) is 0 Å². The van der Waals surface area contributed by atoms with Crippen LogP contribution >= 0.6 is 11.8 Å². The minimum Gasteiger partial charge on any atom is -0.310 e. The Morgan fingerprint density at radius 1 is 0.492 bits per heavy atom. The van der Waals surface area contributed by atoms with Crippen LogP contribution in [0.15, 0.2) is 174 Å². The molecule has 0 aromatic heterocycles. The first-order valence-corrected chi connectivity index (χ1v) is 24.7. The number of hydrogen-bond acceptors (Lipinski definition) is 2. The maximum absolute atomic E-state index is 2.72. The van der Waals surface area contributed by atoms with Crippen molar-refractivity contribution in [3.8, 4) is 11.1 Å². The molecule has 7 aromatic carbocycles. The van der Waals surface area contributed by atoms with Crippen molar-refractivity contribution >= 4 is 28.8 Å². The van der Waals surface area contributed by atoms with Gasteiger partial charge in [0.25, 0.3) is 0 Å². The molecule has 6 atom stereocenters. The predicted molar refractivity (Wildman–Crippen MR) is 260 cm³/mol. The molecule has 2 bridgehead atoms. The van der Waals surface area contributed by atoms with Crippen molar-refractivity contribution in [2.45, 2.75) is 97.7 Å². The Kier molecular flexibility index (Phi) is 7.35. The van der Waals surface area contributed by atoms with E-state index in [2.05, 4.69) is 196 Å². The van der Waals surface area contributed by atoms with Gasteiger partial charge in [-0.2, -0.15) is 0 Å². The molecule has 0 N–H and O–H groups in total. The van der Waals surface area contributed by atoms with E-state index in [1.807, 2.05) is 11.8 Å². The highest BCUT2D eigenvalue weighted by Crippen LogP contribution is 2.89.